The molecule has 0 saturated heterocycles. The quantitative estimate of drug-likeness (QED) is 0.781. The molecule has 23 heavy (non-hydrogen) atoms. The molecule has 0 radical (unpaired) electrons. The van der Waals surface area contributed by atoms with E-state index in [1.165, 1.54) is 27.4 Å². The Morgan fingerprint density at radius 1 is 1.00 bits per heavy atom. The second-order valence-electron chi connectivity index (χ2n) is 4.49. The van der Waals surface area contributed by atoms with Crippen molar-refractivity contribution in [3.8, 4) is 11.5 Å². The molecule has 122 valence electrons. The summed E-state index contributed by atoms with van der Waals surface area (Å²) in [6, 6.07) is 4.55. The Hall–Kier alpha value is -2.83. The van der Waals surface area contributed by atoms with E-state index in [9.17, 15) is 9.59 Å². The number of pyridine rings is 1. The van der Waals surface area contributed by atoms with E-state index in [2.05, 4.69) is 4.98 Å². The molecule has 0 atom stereocenters. The summed E-state index contributed by atoms with van der Waals surface area (Å²) in [7, 11) is 4.24. The Labute approximate surface area is 133 Å². The van der Waals surface area contributed by atoms with Crippen molar-refractivity contribution < 1.29 is 28.5 Å². The highest BCUT2D eigenvalue weighted by Gasteiger charge is 2.20. The second-order valence-corrected chi connectivity index (χ2v) is 4.49. The van der Waals surface area contributed by atoms with Gasteiger partial charge in [0.1, 0.15) is 5.69 Å². The van der Waals surface area contributed by atoms with Crippen molar-refractivity contribution >= 4 is 22.8 Å². The van der Waals surface area contributed by atoms with Crippen LogP contribution in [-0.4, -0.2) is 44.9 Å². The van der Waals surface area contributed by atoms with Crippen molar-refractivity contribution in [1.29, 1.82) is 0 Å². The van der Waals surface area contributed by atoms with Crippen LogP contribution in [0.4, 0.5) is 0 Å². The molecule has 0 aliphatic rings. The summed E-state index contributed by atoms with van der Waals surface area (Å²) in [4.78, 5) is 28.2. The van der Waals surface area contributed by atoms with E-state index in [-0.39, 0.29) is 17.9 Å². The summed E-state index contributed by atoms with van der Waals surface area (Å²) in [6.45, 7) is 1.89. The van der Waals surface area contributed by atoms with Gasteiger partial charge in [-0.3, -0.25) is 0 Å². The molecule has 0 N–H and O–H groups in total. The SMILES string of the molecule is CCOC(=O)c1cc(C(=O)OC)c2cc(OC)c(OC)cc2n1. The normalized spacial score (nSPS) is 10.3. The van der Waals surface area contributed by atoms with Gasteiger partial charge in [-0.1, -0.05) is 0 Å². The molecule has 0 aliphatic heterocycles. The highest BCUT2D eigenvalue weighted by molar-refractivity contribution is 6.06. The molecule has 1 aromatic carbocycles. The number of carbonyl (C=O) groups is 2. The maximum Gasteiger partial charge on any atom is 0.356 e. The summed E-state index contributed by atoms with van der Waals surface area (Å²) >= 11 is 0. The van der Waals surface area contributed by atoms with E-state index in [0.717, 1.165) is 0 Å². The molecule has 2 aromatic rings. The van der Waals surface area contributed by atoms with Gasteiger partial charge in [0.2, 0.25) is 0 Å². The predicted molar refractivity (Wildman–Crippen MR) is 82.1 cm³/mol. The van der Waals surface area contributed by atoms with Crippen LogP contribution >= 0.6 is 0 Å². The smallest absolute Gasteiger partial charge is 0.356 e. The number of ether oxygens (including phenoxy) is 4. The molecule has 0 fully saturated rings. The van der Waals surface area contributed by atoms with Gasteiger partial charge in [-0.05, 0) is 19.1 Å². The van der Waals surface area contributed by atoms with E-state index in [1.54, 1.807) is 19.1 Å². The second kappa shape index (κ2) is 6.95. The molecule has 0 unspecified atom stereocenters. The van der Waals surface area contributed by atoms with Gasteiger partial charge in [0, 0.05) is 11.5 Å². The molecule has 1 heterocycles. The maximum absolute atomic E-state index is 12.0. The average molecular weight is 319 g/mol. The summed E-state index contributed by atoms with van der Waals surface area (Å²) in [6.07, 6.45) is 0. The minimum absolute atomic E-state index is 0.0203. The predicted octanol–water partition coefficient (Wildman–Crippen LogP) is 2.22. The Kier molecular flexibility index (Phi) is 5.00. The fraction of sp³-hybridized carbons (Fsp3) is 0.312. The molecule has 1 aromatic heterocycles. The number of hydrogen-bond donors (Lipinski definition) is 0. The van der Waals surface area contributed by atoms with Crippen molar-refractivity contribution in [3.05, 3.63) is 29.5 Å². The van der Waals surface area contributed by atoms with Crippen LogP contribution in [-0.2, 0) is 9.47 Å². The number of nitrogens with zero attached hydrogens (tertiary/aromatic N) is 1. The van der Waals surface area contributed by atoms with Gasteiger partial charge in [-0.15, -0.1) is 0 Å². The van der Waals surface area contributed by atoms with Crippen LogP contribution in [0.5, 0.6) is 11.5 Å². The zero-order valence-corrected chi connectivity index (χ0v) is 13.3. The molecular weight excluding hydrogens is 302 g/mol. The highest BCUT2D eigenvalue weighted by atomic mass is 16.5. The van der Waals surface area contributed by atoms with Gasteiger partial charge in [0.25, 0.3) is 0 Å². The third-order valence-corrected chi connectivity index (χ3v) is 3.20. The Bertz CT molecular complexity index is 756. The van der Waals surface area contributed by atoms with E-state index < -0.39 is 11.9 Å². The zero-order valence-electron chi connectivity index (χ0n) is 13.3. The largest absolute Gasteiger partial charge is 0.493 e. The van der Waals surface area contributed by atoms with Gasteiger partial charge in [0.05, 0.1) is 39.0 Å². The summed E-state index contributed by atoms with van der Waals surface area (Å²) in [5.74, 6) is -0.329. The van der Waals surface area contributed by atoms with E-state index in [1.807, 2.05) is 0 Å². The minimum atomic E-state index is -0.616. The number of esters is 2. The van der Waals surface area contributed by atoms with E-state index >= 15 is 0 Å². The lowest BCUT2D eigenvalue weighted by molar-refractivity contribution is 0.0520. The van der Waals surface area contributed by atoms with Crippen molar-refractivity contribution in [1.82, 2.24) is 4.98 Å². The Morgan fingerprint density at radius 2 is 1.65 bits per heavy atom. The fourth-order valence-corrected chi connectivity index (χ4v) is 2.14. The topological polar surface area (TPSA) is 84.0 Å². The van der Waals surface area contributed by atoms with E-state index in [4.69, 9.17) is 18.9 Å². The first-order valence-corrected chi connectivity index (χ1v) is 6.87. The lowest BCUT2D eigenvalue weighted by Crippen LogP contribution is -2.11. The lowest BCUT2D eigenvalue weighted by atomic mass is 10.1. The molecule has 0 saturated carbocycles. The zero-order chi connectivity index (χ0) is 17.0. The van der Waals surface area contributed by atoms with Crippen LogP contribution in [0.2, 0.25) is 0 Å². The molecule has 0 spiro atoms. The van der Waals surface area contributed by atoms with Gasteiger partial charge in [-0.2, -0.15) is 0 Å². The van der Waals surface area contributed by atoms with Gasteiger partial charge < -0.3 is 18.9 Å². The van der Waals surface area contributed by atoms with Crippen molar-refractivity contribution in [2.75, 3.05) is 27.9 Å². The molecule has 0 bridgehead atoms. The third-order valence-electron chi connectivity index (χ3n) is 3.20. The van der Waals surface area contributed by atoms with E-state index in [0.29, 0.717) is 22.4 Å². The number of methoxy groups -OCH3 is 3. The Morgan fingerprint density at radius 3 is 2.22 bits per heavy atom. The molecule has 0 amide bonds. The first kappa shape index (κ1) is 16.5. The minimum Gasteiger partial charge on any atom is -0.493 e. The number of rotatable bonds is 5. The van der Waals surface area contributed by atoms with Gasteiger partial charge in [-0.25, -0.2) is 14.6 Å². The average Bonchev–Trinajstić information content (AvgIpc) is 2.58. The number of fused-ring (bicyclic) bond motifs is 1. The molecule has 7 nitrogen and oxygen atoms in total. The Balaban J connectivity index is 2.75. The molecule has 2 rings (SSSR count). The van der Waals surface area contributed by atoms with Crippen LogP contribution < -0.4 is 9.47 Å². The van der Waals surface area contributed by atoms with Crippen LogP contribution in [0.25, 0.3) is 10.9 Å². The van der Waals surface area contributed by atoms with Crippen molar-refractivity contribution in [2.45, 2.75) is 6.92 Å². The maximum atomic E-state index is 12.0. The van der Waals surface area contributed by atoms with Crippen LogP contribution in [0.15, 0.2) is 18.2 Å². The number of carbonyl (C=O) groups excluding carboxylic acids is 2. The lowest BCUT2D eigenvalue weighted by Gasteiger charge is -2.12. The highest BCUT2D eigenvalue weighted by Crippen LogP contribution is 2.33. The standard InChI is InChI=1S/C16H17NO6/c1-5-23-16(19)12-6-10(15(18)22-4)9-7-13(20-2)14(21-3)8-11(9)17-12/h6-8H,5H2,1-4H3. The monoisotopic (exact) mass is 319 g/mol. The fourth-order valence-electron chi connectivity index (χ4n) is 2.14. The van der Waals surface area contributed by atoms with Crippen LogP contribution in [0.3, 0.4) is 0 Å². The molecule has 7 heteroatoms. The molecular formula is C16H17NO6. The van der Waals surface area contributed by atoms with Crippen molar-refractivity contribution in [2.24, 2.45) is 0 Å². The van der Waals surface area contributed by atoms with Gasteiger partial charge in [0.15, 0.2) is 11.5 Å². The summed E-state index contributed by atoms with van der Waals surface area (Å²) in [5, 5.41) is 0.488. The molecule has 0 aliphatic carbocycles. The number of aromatic nitrogens is 1. The summed E-state index contributed by atoms with van der Waals surface area (Å²) in [5.41, 5.74) is 0.613. The third kappa shape index (κ3) is 3.18. The number of hydrogen-bond acceptors (Lipinski definition) is 7. The first-order chi connectivity index (χ1) is 11.0. The van der Waals surface area contributed by atoms with Crippen LogP contribution in [0, 0.1) is 0 Å². The first-order valence-electron chi connectivity index (χ1n) is 6.87. The van der Waals surface area contributed by atoms with Crippen molar-refractivity contribution in [3.63, 3.8) is 0 Å². The number of benzene rings is 1. The van der Waals surface area contributed by atoms with Gasteiger partial charge >= 0.3 is 11.9 Å². The summed E-state index contributed by atoms with van der Waals surface area (Å²) < 4.78 is 20.2. The van der Waals surface area contributed by atoms with Crippen LogP contribution in [0.1, 0.15) is 27.8 Å².